The van der Waals surface area contributed by atoms with Crippen LogP contribution in [0.2, 0.25) is 0 Å². The Kier molecular flexibility index (Phi) is 6.97. The second-order valence-corrected chi connectivity index (χ2v) is 5.77. The summed E-state index contributed by atoms with van der Waals surface area (Å²) < 4.78 is 56.9. The van der Waals surface area contributed by atoms with Gasteiger partial charge in [-0.25, -0.2) is 4.39 Å². The summed E-state index contributed by atoms with van der Waals surface area (Å²) >= 11 is 0. The molecule has 0 heterocycles. The molecule has 28 heavy (non-hydrogen) atoms. The lowest BCUT2D eigenvalue weighted by molar-refractivity contribution is -0.137. The molecule has 2 rings (SSSR count). The monoisotopic (exact) mass is 398 g/mol. The zero-order chi connectivity index (χ0) is 20.7. The number of rotatable bonds is 7. The van der Waals surface area contributed by atoms with E-state index in [2.05, 4.69) is 10.6 Å². The molecule has 0 unspecified atom stereocenters. The van der Waals surface area contributed by atoms with Crippen LogP contribution >= 0.6 is 0 Å². The van der Waals surface area contributed by atoms with Gasteiger partial charge in [-0.05, 0) is 42.8 Å². The van der Waals surface area contributed by atoms with Gasteiger partial charge < -0.3 is 15.4 Å². The van der Waals surface area contributed by atoms with Gasteiger partial charge >= 0.3 is 6.18 Å². The van der Waals surface area contributed by atoms with Crippen molar-refractivity contribution < 1.29 is 31.9 Å². The predicted molar refractivity (Wildman–Crippen MR) is 94.4 cm³/mol. The van der Waals surface area contributed by atoms with Crippen molar-refractivity contribution in [2.45, 2.75) is 19.5 Å². The molecule has 0 aliphatic heterocycles. The number of halogens is 4. The molecule has 0 bridgehead atoms. The van der Waals surface area contributed by atoms with E-state index >= 15 is 0 Å². The molecule has 2 amide bonds. The molecular weight excluding hydrogens is 380 g/mol. The van der Waals surface area contributed by atoms with Crippen molar-refractivity contribution in [3.05, 3.63) is 59.4 Å². The maximum atomic E-state index is 13.1. The van der Waals surface area contributed by atoms with Crippen molar-refractivity contribution in [3.63, 3.8) is 0 Å². The molecule has 2 N–H and O–H groups in total. The average molecular weight is 398 g/mol. The van der Waals surface area contributed by atoms with E-state index in [4.69, 9.17) is 4.74 Å². The number of carbonyl (C=O) groups is 2. The number of hydrogen-bond acceptors (Lipinski definition) is 3. The second-order valence-electron chi connectivity index (χ2n) is 5.77. The maximum absolute atomic E-state index is 13.1. The third-order valence-electron chi connectivity index (χ3n) is 3.58. The van der Waals surface area contributed by atoms with Gasteiger partial charge in [0.05, 0.1) is 30.8 Å². The van der Waals surface area contributed by atoms with E-state index < -0.39 is 35.9 Å². The fourth-order valence-corrected chi connectivity index (χ4v) is 2.35. The number of nitrogens with one attached hydrogen (secondary N) is 2. The summed E-state index contributed by atoms with van der Waals surface area (Å²) in [6.07, 6.45) is -4.72. The van der Waals surface area contributed by atoms with E-state index in [1.165, 1.54) is 18.2 Å². The molecule has 150 valence electrons. The second kappa shape index (κ2) is 9.20. The lowest BCUT2D eigenvalue weighted by Gasteiger charge is -2.15. The lowest BCUT2D eigenvalue weighted by Crippen LogP contribution is -2.33. The molecule has 0 spiro atoms. The normalized spacial score (nSPS) is 11.0. The Morgan fingerprint density at radius 1 is 1.07 bits per heavy atom. The molecule has 0 aliphatic carbocycles. The van der Waals surface area contributed by atoms with Crippen LogP contribution in [0.25, 0.3) is 0 Å². The third kappa shape index (κ3) is 6.26. The van der Waals surface area contributed by atoms with Gasteiger partial charge in [0, 0.05) is 0 Å². The highest BCUT2D eigenvalue weighted by molar-refractivity contribution is 5.96. The highest BCUT2D eigenvalue weighted by Crippen LogP contribution is 2.35. The predicted octanol–water partition coefficient (Wildman–Crippen LogP) is 3.54. The zero-order valence-electron chi connectivity index (χ0n) is 14.9. The topological polar surface area (TPSA) is 67.4 Å². The Morgan fingerprint density at radius 3 is 2.46 bits per heavy atom. The summed E-state index contributed by atoms with van der Waals surface area (Å²) in [5, 5.41) is 4.63. The van der Waals surface area contributed by atoms with Gasteiger partial charge in [0.25, 0.3) is 0 Å². The molecule has 0 aromatic heterocycles. The Labute approximate surface area is 158 Å². The van der Waals surface area contributed by atoms with Crippen LogP contribution in [0.3, 0.4) is 0 Å². The van der Waals surface area contributed by atoms with E-state index in [0.29, 0.717) is 5.56 Å². The first-order chi connectivity index (χ1) is 13.2. The average Bonchev–Trinajstić information content (AvgIpc) is 2.61. The number of ether oxygens (including phenoxy) is 1. The molecule has 5 nitrogen and oxygen atoms in total. The molecule has 0 atom stereocenters. The summed E-state index contributed by atoms with van der Waals surface area (Å²) in [5.41, 5.74) is -0.670. The zero-order valence-corrected chi connectivity index (χ0v) is 14.9. The third-order valence-corrected chi connectivity index (χ3v) is 3.58. The highest BCUT2D eigenvalue weighted by Gasteiger charge is 2.31. The first-order valence-corrected chi connectivity index (χ1v) is 8.34. The van der Waals surface area contributed by atoms with Crippen molar-refractivity contribution in [3.8, 4) is 5.75 Å². The fourth-order valence-electron chi connectivity index (χ4n) is 2.35. The van der Waals surface area contributed by atoms with Crippen LogP contribution in [0, 0.1) is 5.82 Å². The van der Waals surface area contributed by atoms with Crippen LogP contribution in [-0.2, 0) is 22.2 Å². The van der Waals surface area contributed by atoms with E-state index in [1.54, 1.807) is 13.0 Å². The van der Waals surface area contributed by atoms with Gasteiger partial charge in [-0.3, -0.25) is 9.59 Å². The molecule has 2 aromatic rings. The van der Waals surface area contributed by atoms with Gasteiger partial charge in [0.1, 0.15) is 11.6 Å². The molecule has 9 heteroatoms. The number of alkyl halides is 3. The Balaban J connectivity index is 1.98. The van der Waals surface area contributed by atoms with Gasteiger partial charge in [0.15, 0.2) is 0 Å². The summed E-state index contributed by atoms with van der Waals surface area (Å²) in [4.78, 5) is 23.9. The Hall–Kier alpha value is -3.10. The van der Waals surface area contributed by atoms with E-state index in [-0.39, 0.29) is 24.5 Å². The van der Waals surface area contributed by atoms with Crippen LogP contribution in [0.5, 0.6) is 5.75 Å². The number of anilines is 1. The number of amides is 2. The molecular formula is C19H18F4N2O3. The van der Waals surface area contributed by atoms with Crippen molar-refractivity contribution in [2.24, 2.45) is 0 Å². The molecule has 0 radical (unpaired) electrons. The first-order valence-electron chi connectivity index (χ1n) is 8.34. The van der Waals surface area contributed by atoms with Crippen molar-refractivity contribution in [2.75, 3.05) is 18.5 Å². The lowest BCUT2D eigenvalue weighted by atomic mass is 10.1. The van der Waals surface area contributed by atoms with Crippen molar-refractivity contribution in [1.29, 1.82) is 0 Å². The summed E-state index contributed by atoms with van der Waals surface area (Å²) in [6, 6.07) is 8.16. The van der Waals surface area contributed by atoms with E-state index in [9.17, 15) is 27.2 Å². The quantitative estimate of drug-likeness (QED) is 0.701. The minimum atomic E-state index is -4.58. The smallest absolute Gasteiger partial charge is 0.416 e. The van der Waals surface area contributed by atoms with Gasteiger partial charge in [-0.15, -0.1) is 0 Å². The molecule has 0 saturated carbocycles. The summed E-state index contributed by atoms with van der Waals surface area (Å²) in [6.45, 7) is 1.38. The number of hydrogen-bond donors (Lipinski definition) is 2. The molecule has 0 fully saturated rings. The SMILES string of the molecule is CCOc1ccc(C(F)(F)F)cc1NC(=O)CNC(=O)Cc1cccc(F)c1. The van der Waals surface area contributed by atoms with Crippen LogP contribution in [-0.4, -0.2) is 25.0 Å². The molecule has 0 saturated heterocycles. The Bertz CT molecular complexity index is 853. The largest absolute Gasteiger partial charge is 0.492 e. The summed E-state index contributed by atoms with van der Waals surface area (Å²) in [5.74, 6) is -1.67. The van der Waals surface area contributed by atoms with Gasteiger partial charge in [0.2, 0.25) is 11.8 Å². The van der Waals surface area contributed by atoms with E-state index in [1.807, 2.05) is 0 Å². The van der Waals surface area contributed by atoms with E-state index in [0.717, 1.165) is 18.2 Å². The van der Waals surface area contributed by atoms with Gasteiger partial charge in [-0.2, -0.15) is 13.2 Å². The maximum Gasteiger partial charge on any atom is 0.416 e. The highest BCUT2D eigenvalue weighted by atomic mass is 19.4. The molecule has 2 aromatic carbocycles. The minimum Gasteiger partial charge on any atom is -0.492 e. The fraction of sp³-hybridized carbons (Fsp3) is 0.263. The van der Waals surface area contributed by atoms with Crippen LogP contribution in [0.1, 0.15) is 18.1 Å². The van der Waals surface area contributed by atoms with Crippen molar-refractivity contribution in [1.82, 2.24) is 5.32 Å². The molecule has 0 aliphatic rings. The number of benzene rings is 2. The number of carbonyl (C=O) groups excluding carboxylic acids is 2. The first kappa shape index (κ1) is 21.2. The Morgan fingerprint density at radius 2 is 1.82 bits per heavy atom. The minimum absolute atomic E-state index is 0.0786. The van der Waals surface area contributed by atoms with Crippen LogP contribution in [0.4, 0.5) is 23.2 Å². The standard InChI is InChI=1S/C19H18F4N2O3/c1-2-28-16-7-6-13(19(21,22)23)10-15(16)25-18(27)11-24-17(26)9-12-4-3-5-14(20)8-12/h3-8,10H,2,9,11H2,1H3,(H,24,26)(H,25,27). The van der Waals surface area contributed by atoms with Crippen LogP contribution < -0.4 is 15.4 Å². The van der Waals surface area contributed by atoms with Crippen molar-refractivity contribution >= 4 is 17.5 Å². The van der Waals surface area contributed by atoms with Gasteiger partial charge in [-0.1, -0.05) is 12.1 Å². The van der Waals surface area contributed by atoms with Crippen LogP contribution in [0.15, 0.2) is 42.5 Å². The summed E-state index contributed by atoms with van der Waals surface area (Å²) in [7, 11) is 0.